The van der Waals surface area contributed by atoms with E-state index < -0.39 is 0 Å². The number of hydrogen-bond acceptors (Lipinski definition) is 4. The molecule has 7 heteroatoms. The molecule has 27 heavy (non-hydrogen) atoms. The number of urea groups is 1. The van der Waals surface area contributed by atoms with E-state index in [1.54, 1.807) is 18.2 Å². The van der Waals surface area contributed by atoms with Crippen LogP contribution in [0.4, 0.5) is 16.2 Å². The van der Waals surface area contributed by atoms with Crippen molar-refractivity contribution >= 4 is 34.3 Å². The van der Waals surface area contributed by atoms with Crippen LogP contribution in [-0.4, -0.2) is 19.0 Å². The second-order valence-electron chi connectivity index (χ2n) is 6.10. The SMILES string of the molecule is COc1cc(NC(=O)NC(C)c2cc3ccccc3o2)ccc1NC(C)=O. The van der Waals surface area contributed by atoms with Crippen molar-refractivity contribution in [3.8, 4) is 5.75 Å². The maximum atomic E-state index is 12.3. The zero-order valence-corrected chi connectivity index (χ0v) is 15.3. The Labute approximate surface area is 156 Å². The second kappa shape index (κ2) is 7.82. The first-order chi connectivity index (χ1) is 13.0. The van der Waals surface area contributed by atoms with Gasteiger partial charge in [-0.1, -0.05) is 18.2 Å². The molecule has 0 saturated heterocycles. The molecule has 0 saturated carbocycles. The van der Waals surface area contributed by atoms with Crippen LogP contribution in [0.5, 0.6) is 5.75 Å². The smallest absolute Gasteiger partial charge is 0.319 e. The van der Waals surface area contributed by atoms with E-state index >= 15 is 0 Å². The summed E-state index contributed by atoms with van der Waals surface area (Å²) < 4.78 is 11.0. The molecule has 3 aromatic rings. The number of rotatable bonds is 5. The molecular formula is C20H21N3O4. The average molecular weight is 367 g/mol. The van der Waals surface area contributed by atoms with Crippen molar-refractivity contribution in [3.05, 3.63) is 54.3 Å². The molecule has 0 fully saturated rings. The number of benzene rings is 2. The molecule has 1 unspecified atom stereocenters. The van der Waals surface area contributed by atoms with Gasteiger partial charge in [-0.25, -0.2) is 4.79 Å². The predicted molar refractivity (Wildman–Crippen MR) is 104 cm³/mol. The number of anilines is 2. The summed E-state index contributed by atoms with van der Waals surface area (Å²) in [4.78, 5) is 23.5. The topological polar surface area (TPSA) is 92.6 Å². The lowest BCUT2D eigenvalue weighted by Crippen LogP contribution is -2.30. The Morgan fingerprint density at radius 1 is 1.07 bits per heavy atom. The molecule has 1 heterocycles. The molecule has 0 bridgehead atoms. The summed E-state index contributed by atoms with van der Waals surface area (Å²) in [6, 6.07) is 13.9. The van der Waals surface area contributed by atoms with Crippen molar-refractivity contribution in [1.29, 1.82) is 0 Å². The number of hydrogen-bond donors (Lipinski definition) is 3. The third-order valence-corrected chi connectivity index (χ3v) is 3.99. The maximum Gasteiger partial charge on any atom is 0.319 e. The van der Waals surface area contributed by atoms with Gasteiger partial charge in [0.1, 0.15) is 17.1 Å². The summed E-state index contributed by atoms with van der Waals surface area (Å²) in [5.41, 5.74) is 1.85. The monoisotopic (exact) mass is 367 g/mol. The van der Waals surface area contributed by atoms with Crippen LogP contribution in [0.15, 0.2) is 52.9 Å². The number of ether oxygens (including phenoxy) is 1. The average Bonchev–Trinajstić information content (AvgIpc) is 3.07. The van der Waals surface area contributed by atoms with Crippen LogP contribution in [0.25, 0.3) is 11.0 Å². The van der Waals surface area contributed by atoms with Gasteiger partial charge in [0.2, 0.25) is 5.91 Å². The van der Waals surface area contributed by atoms with Gasteiger partial charge < -0.3 is 25.1 Å². The predicted octanol–water partition coefficient (Wildman–Crippen LogP) is 4.28. The van der Waals surface area contributed by atoms with E-state index in [1.165, 1.54) is 14.0 Å². The van der Waals surface area contributed by atoms with Gasteiger partial charge in [0, 0.05) is 24.1 Å². The number of furan rings is 1. The summed E-state index contributed by atoms with van der Waals surface area (Å²) >= 11 is 0. The summed E-state index contributed by atoms with van der Waals surface area (Å²) in [5, 5.41) is 9.24. The maximum absolute atomic E-state index is 12.3. The quantitative estimate of drug-likeness (QED) is 0.627. The largest absolute Gasteiger partial charge is 0.494 e. The number of carbonyl (C=O) groups excluding carboxylic acids is 2. The summed E-state index contributed by atoms with van der Waals surface area (Å²) in [6.07, 6.45) is 0. The Morgan fingerprint density at radius 3 is 2.56 bits per heavy atom. The van der Waals surface area contributed by atoms with Crippen LogP contribution in [-0.2, 0) is 4.79 Å². The number of para-hydroxylation sites is 1. The molecule has 0 aliphatic heterocycles. The number of carbonyl (C=O) groups is 2. The van der Waals surface area contributed by atoms with Crippen molar-refractivity contribution in [2.24, 2.45) is 0 Å². The Bertz CT molecular complexity index is 947. The standard InChI is InChI=1S/C20H21N3O4/c1-12(18-10-14-6-4-5-7-17(14)27-18)21-20(25)23-15-8-9-16(22-13(2)24)19(11-15)26-3/h4-12H,1-3H3,(H,22,24)(H2,21,23,25). The van der Waals surface area contributed by atoms with Crippen molar-refractivity contribution in [2.45, 2.75) is 19.9 Å². The highest BCUT2D eigenvalue weighted by Gasteiger charge is 2.15. The van der Waals surface area contributed by atoms with E-state index in [-0.39, 0.29) is 18.0 Å². The fourth-order valence-corrected chi connectivity index (χ4v) is 2.71. The van der Waals surface area contributed by atoms with Gasteiger partial charge in [0.25, 0.3) is 0 Å². The van der Waals surface area contributed by atoms with Gasteiger partial charge in [-0.15, -0.1) is 0 Å². The first kappa shape index (κ1) is 18.3. The van der Waals surface area contributed by atoms with Crippen molar-refractivity contribution < 1.29 is 18.7 Å². The van der Waals surface area contributed by atoms with E-state index in [0.717, 1.165) is 11.0 Å². The van der Waals surface area contributed by atoms with Crippen LogP contribution in [0.1, 0.15) is 25.6 Å². The zero-order valence-electron chi connectivity index (χ0n) is 15.3. The van der Waals surface area contributed by atoms with E-state index in [4.69, 9.17) is 9.15 Å². The molecule has 1 atom stereocenters. The highest BCUT2D eigenvalue weighted by atomic mass is 16.5. The first-order valence-corrected chi connectivity index (χ1v) is 8.48. The van der Waals surface area contributed by atoms with Gasteiger partial charge >= 0.3 is 6.03 Å². The van der Waals surface area contributed by atoms with Crippen LogP contribution in [0.2, 0.25) is 0 Å². The molecule has 0 aliphatic carbocycles. The molecular weight excluding hydrogens is 346 g/mol. The molecule has 0 spiro atoms. The van der Waals surface area contributed by atoms with E-state index in [2.05, 4.69) is 16.0 Å². The number of nitrogens with one attached hydrogen (secondary N) is 3. The molecule has 7 nitrogen and oxygen atoms in total. The van der Waals surface area contributed by atoms with Crippen LogP contribution in [0, 0.1) is 0 Å². The summed E-state index contributed by atoms with van der Waals surface area (Å²) in [5.74, 6) is 0.921. The summed E-state index contributed by atoms with van der Waals surface area (Å²) in [7, 11) is 1.49. The van der Waals surface area contributed by atoms with Crippen molar-refractivity contribution in [2.75, 3.05) is 17.7 Å². The van der Waals surface area contributed by atoms with E-state index in [1.807, 2.05) is 37.3 Å². The Hall–Kier alpha value is -3.48. The van der Waals surface area contributed by atoms with E-state index in [0.29, 0.717) is 22.9 Å². The minimum absolute atomic E-state index is 0.202. The van der Waals surface area contributed by atoms with Gasteiger partial charge in [-0.3, -0.25) is 4.79 Å². The van der Waals surface area contributed by atoms with Gasteiger partial charge in [0.05, 0.1) is 18.8 Å². The number of amides is 3. The molecule has 1 aromatic heterocycles. The third-order valence-electron chi connectivity index (χ3n) is 3.99. The Balaban J connectivity index is 1.67. The van der Waals surface area contributed by atoms with Crippen LogP contribution in [0.3, 0.4) is 0 Å². The normalized spacial score (nSPS) is 11.7. The van der Waals surface area contributed by atoms with Gasteiger partial charge in [-0.2, -0.15) is 0 Å². The Morgan fingerprint density at radius 2 is 1.85 bits per heavy atom. The summed E-state index contributed by atoms with van der Waals surface area (Å²) in [6.45, 7) is 3.26. The van der Waals surface area contributed by atoms with Gasteiger partial charge in [-0.05, 0) is 31.2 Å². The molecule has 3 amide bonds. The number of methoxy groups -OCH3 is 1. The lowest BCUT2D eigenvalue weighted by atomic mass is 10.2. The van der Waals surface area contributed by atoms with Crippen molar-refractivity contribution in [3.63, 3.8) is 0 Å². The Kier molecular flexibility index (Phi) is 5.30. The molecule has 0 radical (unpaired) electrons. The van der Waals surface area contributed by atoms with E-state index in [9.17, 15) is 9.59 Å². The molecule has 140 valence electrons. The molecule has 3 N–H and O–H groups in total. The highest BCUT2D eigenvalue weighted by Crippen LogP contribution is 2.28. The molecule has 2 aromatic carbocycles. The molecule has 3 rings (SSSR count). The lowest BCUT2D eigenvalue weighted by Gasteiger charge is -2.14. The fourth-order valence-electron chi connectivity index (χ4n) is 2.71. The van der Waals surface area contributed by atoms with Crippen LogP contribution < -0.4 is 20.7 Å². The highest BCUT2D eigenvalue weighted by molar-refractivity contribution is 5.93. The minimum atomic E-state index is -0.378. The zero-order chi connectivity index (χ0) is 19.4. The molecule has 0 aliphatic rings. The number of fused-ring (bicyclic) bond motifs is 1. The lowest BCUT2D eigenvalue weighted by molar-refractivity contribution is -0.114. The van der Waals surface area contributed by atoms with Crippen molar-refractivity contribution in [1.82, 2.24) is 5.32 Å². The van der Waals surface area contributed by atoms with Gasteiger partial charge in [0.15, 0.2) is 0 Å². The third kappa shape index (κ3) is 4.38. The fraction of sp³-hybridized carbons (Fsp3) is 0.200. The first-order valence-electron chi connectivity index (χ1n) is 8.48. The minimum Gasteiger partial charge on any atom is -0.494 e. The second-order valence-corrected chi connectivity index (χ2v) is 6.10. The van der Waals surface area contributed by atoms with Crippen LogP contribution >= 0.6 is 0 Å².